The highest BCUT2D eigenvalue weighted by atomic mass is 32.2. The second-order valence-electron chi connectivity index (χ2n) is 5.64. The van der Waals surface area contributed by atoms with Gasteiger partial charge < -0.3 is 10.4 Å². The molecule has 0 aliphatic carbocycles. The van der Waals surface area contributed by atoms with Crippen molar-refractivity contribution in [2.45, 2.75) is 13.8 Å². The summed E-state index contributed by atoms with van der Waals surface area (Å²) >= 11 is 6.39. The van der Waals surface area contributed by atoms with E-state index >= 15 is 0 Å². The number of hydrogen-bond donors (Lipinski definition) is 2. The molecule has 1 aliphatic rings. The van der Waals surface area contributed by atoms with Gasteiger partial charge in [-0.1, -0.05) is 30.0 Å². The molecule has 1 saturated heterocycles. The topological polar surface area (TPSA) is 86.9 Å². The lowest BCUT2D eigenvalue weighted by molar-refractivity contribution is -0.121. The van der Waals surface area contributed by atoms with Crippen LogP contribution < -0.4 is 10.9 Å². The van der Waals surface area contributed by atoms with Gasteiger partial charge in [0.05, 0.1) is 17.1 Å². The Labute approximate surface area is 159 Å². The Morgan fingerprint density at radius 3 is 2.85 bits per heavy atom. The average molecular weight is 390 g/mol. The lowest BCUT2D eigenvalue weighted by Gasteiger charge is -2.12. The lowest BCUT2D eigenvalue weighted by Crippen LogP contribution is -2.27. The molecule has 1 amide bonds. The molecule has 0 spiro atoms. The average Bonchev–Trinajstić information content (AvgIpc) is 2.89. The van der Waals surface area contributed by atoms with E-state index in [0.717, 1.165) is 5.56 Å². The summed E-state index contributed by atoms with van der Waals surface area (Å²) in [5, 5.41) is 12.1. The number of fused-ring (bicyclic) bond motifs is 1. The van der Waals surface area contributed by atoms with Crippen LogP contribution in [-0.2, 0) is 4.79 Å². The van der Waals surface area contributed by atoms with Crippen molar-refractivity contribution in [3.63, 3.8) is 0 Å². The minimum Gasteiger partial charge on any atom is -0.395 e. The number of hydrogen-bond acceptors (Lipinski definition) is 7. The van der Waals surface area contributed by atoms with Crippen LogP contribution in [-0.4, -0.2) is 49.3 Å². The summed E-state index contributed by atoms with van der Waals surface area (Å²) in [6.07, 6.45) is 3.17. The number of aromatic nitrogens is 2. The van der Waals surface area contributed by atoms with E-state index < -0.39 is 0 Å². The van der Waals surface area contributed by atoms with Crippen LogP contribution in [0.1, 0.15) is 18.1 Å². The van der Waals surface area contributed by atoms with E-state index in [2.05, 4.69) is 10.3 Å². The van der Waals surface area contributed by atoms with Gasteiger partial charge in [-0.05, 0) is 31.6 Å². The maximum atomic E-state index is 13.0. The first-order valence-electron chi connectivity index (χ1n) is 8.10. The molecule has 0 bridgehead atoms. The van der Waals surface area contributed by atoms with Crippen molar-refractivity contribution in [2.75, 3.05) is 25.0 Å². The Morgan fingerprint density at radius 2 is 2.19 bits per heavy atom. The minimum atomic E-state index is -0.291. The molecule has 3 rings (SSSR count). The SMILES string of the molecule is CCN1C(=O)C(=Cc2c(NCCO)nc3c(C)cccn3c2=O)SC1=S. The van der Waals surface area contributed by atoms with Crippen LogP contribution in [0.5, 0.6) is 0 Å². The number of nitrogens with zero attached hydrogens (tertiary/aromatic N) is 3. The summed E-state index contributed by atoms with van der Waals surface area (Å²) in [6.45, 7) is 4.32. The highest BCUT2D eigenvalue weighted by Gasteiger charge is 2.31. The number of anilines is 1. The first kappa shape index (κ1) is 18.6. The third-order valence-corrected chi connectivity index (χ3v) is 5.33. The van der Waals surface area contributed by atoms with Crippen molar-refractivity contribution in [1.82, 2.24) is 14.3 Å². The summed E-state index contributed by atoms with van der Waals surface area (Å²) < 4.78 is 1.92. The molecule has 0 aromatic carbocycles. The quantitative estimate of drug-likeness (QED) is 0.593. The molecule has 7 nitrogen and oxygen atoms in total. The Balaban J connectivity index is 2.19. The summed E-state index contributed by atoms with van der Waals surface area (Å²) in [4.78, 5) is 31.9. The number of carbonyl (C=O) groups excluding carboxylic acids is 1. The van der Waals surface area contributed by atoms with Crippen LogP contribution in [0.2, 0.25) is 0 Å². The maximum absolute atomic E-state index is 13.0. The van der Waals surface area contributed by atoms with Gasteiger partial charge in [0.15, 0.2) is 0 Å². The molecule has 3 heterocycles. The normalized spacial score (nSPS) is 16.1. The van der Waals surface area contributed by atoms with Gasteiger partial charge in [-0.3, -0.25) is 18.9 Å². The fourth-order valence-electron chi connectivity index (χ4n) is 2.65. The predicted molar refractivity (Wildman–Crippen MR) is 107 cm³/mol. The smallest absolute Gasteiger partial charge is 0.267 e. The largest absolute Gasteiger partial charge is 0.395 e. The Morgan fingerprint density at radius 1 is 1.42 bits per heavy atom. The molecule has 0 atom stereocenters. The van der Waals surface area contributed by atoms with E-state index in [1.54, 1.807) is 12.3 Å². The van der Waals surface area contributed by atoms with Crippen molar-refractivity contribution >= 4 is 51.7 Å². The number of thiocarbonyl (C=S) groups is 1. The van der Waals surface area contributed by atoms with Gasteiger partial charge >= 0.3 is 0 Å². The van der Waals surface area contributed by atoms with Gasteiger partial charge in [-0.15, -0.1) is 0 Å². The highest BCUT2D eigenvalue weighted by molar-refractivity contribution is 8.26. The molecule has 9 heteroatoms. The molecule has 1 aliphatic heterocycles. The molecule has 0 radical (unpaired) electrons. The standard InChI is InChI=1S/C17H18N4O3S2/c1-3-20-16(24)12(26-17(20)25)9-11-13(18-6-8-22)19-14-10(2)5-4-7-21(14)15(11)23/h4-5,7,9,18,22H,3,6,8H2,1-2H3. The first-order valence-corrected chi connectivity index (χ1v) is 9.32. The number of aliphatic hydroxyl groups is 1. The summed E-state index contributed by atoms with van der Waals surface area (Å²) in [5.74, 6) is 0.115. The molecule has 2 aromatic rings. The van der Waals surface area contributed by atoms with Crippen LogP contribution in [0.4, 0.5) is 5.82 Å². The highest BCUT2D eigenvalue weighted by Crippen LogP contribution is 2.32. The fourth-order valence-corrected chi connectivity index (χ4v) is 4.02. The van der Waals surface area contributed by atoms with Crippen LogP contribution in [0, 0.1) is 6.92 Å². The van der Waals surface area contributed by atoms with Crippen LogP contribution in [0.15, 0.2) is 28.0 Å². The van der Waals surface area contributed by atoms with Crippen LogP contribution >= 0.6 is 24.0 Å². The van der Waals surface area contributed by atoms with E-state index in [1.165, 1.54) is 27.1 Å². The van der Waals surface area contributed by atoms with Gasteiger partial charge in [0.1, 0.15) is 15.8 Å². The second kappa shape index (κ2) is 7.56. The molecule has 1 fully saturated rings. The summed E-state index contributed by atoms with van der Waals surface area (Å²) in [6, 6.07) is 3.64. The molecule has 26 heavy (non-hydrogen) atoms. The fraction of sp³-hybridized carbons (Fsp3) is 0.294. The van der Waals surface area contributed by atoms with Gasteiger partial charge in [0, 0.05) is 19.3 Å². The van der Waals surface area contributed by atoms with Crippen molar-refractivity contribution in [2.24, 2.45) is 0 Å². The van der Waals surface area contributed by atoms with Crippen molar-refractivity contribution in [1.29, 1.82) is 0 Å². The number of likely N-dealkylation sites (N-methyl/N-ethyl adjacent to an activating group) is 1. The monoisotopic (exact) mass is 390 g/mol. The molecule has 0 saturated carbocycles. The number of pyridine rings is 1. The molecule has 136 valence electrons. The maximum Gasteiger partial charge on any atom is 0.267 e. The third-order valence-electron chi connectivity index (χ3n) is 3.95. The number of amides is 1. The van der Waals surface area contributed by atoms with Crippen molar-refractivity contribution < 1.29 is 9.90 Å². The number of nitrogens with one attached hydrogen (secondary N) is 1. The summed E-state index contributed by atoms with van der Waals surface area (Å²) in [7, 11) is 0. The van der Waals surface area contributed by atoms with E-state index in [9.17, 15) is 9.59 Å². The van der Waals surface area contributed by atoms with Crippen molar-refractivity contribution in [3.8, 4) is 0 Å². The van der Waals surface area contributed by atoms with E-state index in [-0.39, 0.29) is 30.2 Å². The zero-order chi connectivity index (χ0) is 18.8. The number of aryl methyl sites for hydroxylation is 1. The van der Waals surface area contributed by atoms with Crippen molar-refractivity contribution in [3.05, 3.63) is 44.7 Å². The Kier molecular flexibility index (Phi) is 5.40. The molecular formula is C17H18N4O3S2. The third kappa shape index (κ3) is 3.25. The zero-order valence-electron chi connectivity index (χ0n) is 14.4. The van der Waals surface area contributed by atoms with Gasteiger partial charge in [0.2, 0.25) is 0 Å². The van der Waals surface area contributed by atoms with E-state index in [0.29, 0.717) is 27.2 Å². The Bertz CT molecular complexity index is 984. The zero-order valence-corrected chi connectivity index (χ0v) is 16.0. The van der Waals surface area contributed by atoms with Crippen LogP contribution in [0.25, 0.3) is 11.7 Å². The number of thioether (sulfide) groups is 1. The Hall–Kier alpha value is -2.23. The predicted octanol–water partition coefficient (Wildman–Crippen LogP) is 1.63. The van der Waals surface area contributed by atoms with E-state index in [4.69, 9.17) is 17.3 Å². The first-order chi connectivity index (χ1) is 12.5. The second-order valence-corrected chi connectivity index (χ2v) is 7.32. The number of aliphatic hydroxyl groups excluding tert-OH is 1. The lowest BCUT2D eigenvalue weighted by atomic mass is 10.2. The van der Waals surface area contributed by atoms with E-state index in [1.807, 2.05) is 19.9 Å². The number of carbonyl (C=O) groups is 1. The van der Waals surface area contributed by atoms with Gasteiger partial charge in [0.25, 0.3) is 11.5 Å². The minimum absolute atomic E-state index is 0.105. The number of rotatable bonds is 5. The van der Waals surface area contributed by atoms with Gasteiger partial charge in [-0.2, -0.15) is 0 Å². The van der Waals surface area contributed by atoms with Gasteiger partial charge in [-0.25, -0.2) is 4.98 Å². The van der Waals surface area contributed by atoms with Crippen LogP contribution in [0.3, 0.4) is 0 Å². The molecule has 0 unspecified atom stereocenters. The molecular weight excluding hydrogens is 372 g/mol. The molecule has 2 N–H and O–H groups in total. The summed E-state index contributed by atoms with van der Waals surface area (Å²) in [5.41, 5.74) is 1.34. The molecule has 2 aromatic heterocycles.